The van der Waals surface area contributed by atoms with Gasteiger partial charge in [0, 0.05) is 10.6 Å². The molecule has 0 atom stereocenters. The first-order valence-electron chi connectivity index (χ1n) is 4.78. The summed E-state index contributed by atoms with van der Waals surface area (Å²) in [6.45, 7) is 1.52. The number of aromatic carboxylic acids is 1. The normalized spacial score (nSPS) is 10.5. The van der Waals surface area contributed by atoms with Crippen molar-refractivity contribution in [3.05, 3.63) is 40.7 Å². The number of carboxylic acids is 1. The second-order valence-electron chi connectivity index (χ2n) is 3.49. The van der Waals surface area contributed by atoms with Crippen LogP contribution in [0.15, 0.2) is 24.3 Å². The fourth-order valence-electron chi connectivity index (χ4n) is 1.55. The molecular weight excluding hydrogens is 244 g/mol. The van der Waals surface area contributed by atoms with Crippen molar-refractivity contribution in [1.82, 2.24) is 9.71 Å². The Kier molecular flexibility index (Phi) is 2.77. The van der Waals surface area contributed by atoms with Gasteiger partial charge in [-0.3, -0.25) is 0 Å². The molecule has 0 fully saturated rings. The number of hydrogen-bond donors (Lipinski definition) is 2. The number of carboxylic acid groups (broad SMARTS) is 1. The van der Waals surface area contributed by atoms with Gasteiger partial charge in [0.1, 0.15) is 0 Å². The molecular formula is C11H9ClN2O3. The van der Waals surface area contributed by atoms with Crippen LogP contribution in [0.3, 0.4) is 0 Å². The van der Waals surface area contributed by atoms with Crippen molar-refractivity contribution >= 4 is 17.6 Å². The highest BCUT2D eigenvalue weighted by atomic mass is 35.5. The van der Waals surface area contributed by atoms with Crippen LogP contribution in [0.1, 0.15) is 16.2 Å². The van der Waals surface area contributed by atoms with E-state index in [4.69, 9.17) is 16.7 Å². The Morgan fingerprint density at radius 3 is 2.41 bits per heavy atom. The van der Waals surface area contributed by atoms with Crippen molar-refractivity contribution in [1.29, 1.82) is 0 Å². The summed E-state index contributed by atoms with van der Waals surface area (Å²) in [6, 6.07) is 6.59. The maximum atomic E-state index is 10.9. The van der Waals surface area contributed by atoms with Crippen LogP contribution in [0, 0.1) is 6.92 Å². The topological polar surface area (TPSA) is 75.3 Å². The number of aromatic nitrogens is 2. The molecule has 0 spiro atoms. The average Bonchev–Trinajstić information content (AvgIpc) is 2.55. The number of nitrogens with zero attached hydrogens (tertiary/aromatic N) is 2. The number of benzene rings is 1. The lowest BCUT2D eigenvalue weighted by Gasteiger charge is -2.01. The van der Waals surface area contributed by atoms with Crippen LogP contribution in [-0.2, 0) is 0 Å². The van der Waals surface area contributed by atoms with Crippen molar-refractivity contribution in [2.45, 2.75) is 6.92 Å². The van der Waals surface area contributed by atoms with E-state index in [0.717, 1.165) is 0 Å². The molecule has 1 heterocycles. The van der Waals surface area contributed by atoms with Gasteiger partial charge in [-0.25, -0.2) is 9.78 Å². The van der Waals surface area contributed by atoms with Gasteiger partial charge < -0.3 is 10.3 Å². The molecule has 0 aliphatic carbocycles. The lowest BCUT2D eigenvalue weighted by molar-refractivity contribution is 0.0645. The molecule has 2 rings (SSSR count). The van der Waals surface area contributed by atoms with E-state index < -0.39 is 5.97 Å². The Bertz CT molecular complexity index is 575. The van der Waals surface area contributed by atoms with Gasteiger partial charge in [0.05, 0.1) is 5.69 Å². The first kappa shape index (κ1) is 11.5. The number of halogens is 1. The maximum absolute atomic E-state index is 10.9. The number of aryl methyl sites for hydroxylation is 1. The highest BCUT2D eigenvalue weighted by Crippen LogP contribution is 2.22. The highest BCUT2D eigenvalue weighted by Gasteiger charge is 2.20. The van der Waals surface area contributed by atoms with E-state index in [1.807, 2.05) is 0 Å². The Morgan fingerprint density at radius 2 is 1.94 bits per heavy atom. The largest absolute Gasteiger partial charge is 0.476 e. The number of carbonyl (C=O) groups is 1. The van der Waals surface area contributed by atoms with Crippen LogP contribution in [0.25, 0.3) is 11.4 Å². The summed E-state index contributed by atoms with van der Waals surface area (Å²) in [4.78, 5) is 14.9. The molecule has 2 aromatic rings. The van der Waals surface area contributed by atoms with Gasteiger partial charge in [-0.05, 0) is 31.2 Å². The van der Waals surface area contributed by atoms with E-state index in [1.54, 1.807) is 24.3 Å². The monoisotopic (exact) mass is 252 g/mol. The van der Waals surface area contributed by atoms with E-state index >= 15 is 0 Å². The highest BCUT2D eigenvalue weighted by molar-refractivity contribution is 6.30. The molecule has 1 aromatic heterocycles. The summed E-state index contributed by atoms with van der Waals surface area (Å²) in [5, 5.41) is 19.2. The van der Waals surface area contributed by atoms with Crippen molar-refractivity contribution in [3.8, 4) is 11.4 Å². The zero-order valence-electron chi connectivity index (χ0n) is 8.88. The lowest BCUT2D eigenvalue weighted by Crippen LogP contribution is -2.07. The van der Waals surface area contributed by atoms with Gasteiger partial charge in [-0.15, -0.1) is 0 Å². The molecule has 88 valence electrons. The van der Waals surface area contributed by atoms with E-state index in [-0.39, 0.29) is 17.2 Å². The van der Waals surface area contributed by atoms with Crippen LogP contribution in [0.4, 0.5) is 0 Å². The molecule has 0 radical (unpaired) electrons. The zero-order valence-corrected chi connectivity index (χ0v) is 9.64. The Labute approximate surface area is 102 Å². The van der Waals surface area contributed by atoms with Crippen LogP contribution in [0.5, 0.6) is 0 Å². The van der Waals surface area contributed by atoms with Crippen LogP contribution in [-0.4, -0.2) is 26.0 Å². The number of rotatable bonds is 2. The van der Waals surface area contributed by atoms with Gasteiger partial charge in [0.15, 0.2) is 11.5 Å². The van der Waals surface area contributed by atoms with Gasteiger partial charge >= 0.3 is 5.97 Å². The minimum absolute atomic E-state index is 0.177. The molecule has 0 aliphatic rings. The van der Waals surface area contributed by atoms with Gasteiger partial charge in [-0.2, -0.15) is 4.73 Å². The van der Waals surface area contributed by atoms with E-state index in [1.165, 1.54) is 6.92 Å². The quantitative estimate of drug-likeness (QED) is 0.805. The second kappa shape index (κ2) is 4.10. The summed E-state index contributed by atoms with van der Waals surface area (Å²) in [5.41, 5.74) is 0.604. The Balaban J connectivity index is 2.57. The van der Waals surface area contributed by atoms with Gasteiger partial charge in [0.25, 0.3) is 0 Å². The molecule has 2 N–H and O–H groups in total. The summed E-state index contributed by atoms with van der Waals surface area (Å²) in [6.07, 6.45) is 0. The van der Waals surface area contributed by atoms with Crippen molar-refractivity contribution in [2.75, 3.05) is 0 Å². The van der Waals surface area contributed by atoms with Crippen molar-refractivity contribution in [2.24, 2.45) is 0 Å². The molecule has 1 aromatic carbocycles. The number of imidazole rings is 1. The van der Waals surface area contributed by atoms with Crippen molar-refractivity contribution in [3.63, 3.8) is 0 Å². The Morgan fingerprint density at radius 1 is 1.35 bits per heavy atom. The zero-order chi connectivity index (χ0) is 12.6. The minimum atomic E-state index is -1.22. The first-order valence-corrected chi connectivity index (χ1v) is 5.16. The van der Waals surface area contributed by atoms with E-state index in [0.29, 0.717) is 15.3 Å². The molecule has 6 heteroatoms. The van der Waals surface area contributed by atoms with Gasteiger partial charge in [0.2, 0.25) is 0 Å². The maximum Gasteiger partial charge on any atom is 0.357 e. The minimum Gasteiger partial charge on any atom is -0.476 e. The predicted octanol–water partition coefficient (Wildman–Crippen LogP) is 2.45. The fourth-order valence-corrected chi connectivity index (χ4v) is 1.68. The first-order chi connectivity index (χ1) is 8.00. The fraction of sp³-hybridized carbons (Fsp3) is 0.0909. The van der Waals surface area contributed by atoms with Crippen LogP contribution >= 0.6 is 11.6 Å². The molecule has 0 aliphatic heterocycles. The Hall–Kier alpha value is -2.01. The third-order valence-electron chi connectivity index (χ3n) is 2.33. The van der Waals surface area contributed by atoms with E-state index in [2.05, 4.69) is 4.98 Å². The standard InChI is InChI=1S/C11H9ClN2O3/c1-6-9(11(15)16)14(17)10(13-6)7-2-4-8(12)5-3-7/h2-5,17H,1H3,(H,15,16). The number of hydrogen-bond acceptors (Lipinski definition) is 3. The SMILES string of the molecule is Cc1nc(-c2ccc(Cl)cc2)n(O)c1C(=O)O. The van der Waals surface area contributed by atoms with Crippen LogP contribution < -0.4 is 0 Å². The second-order valence-corrected chi connectivity index (χ2v) is 3.93. The summed E-state index contributed by atoms with van der Waals surface area (Å²) < 4.78 is 0.570. The summed E-state index contributed by atoms with van der Waals surface area (Å²) >= 11 is 5.74. The predicted molar refractivity (Wildman–Crippen MR) is 61.6 cm³/mol. The summed E-state index contributed by atoms with van der Waals surface area (Å²) in [5.74, 6) is -1.05. The molecule has 0 saturated carbocycles. The third-order valence-corrected chi connectivity index (χ3v) is 2.59. The smallest absolute Gasteiger partial charge is 0.357 e. The van der Waals surface area contributed by atoms with Crippen LogP contribution in [0.2, 0.25) is 5.02 Å². The van der Waals surface area contributed by atoms with Crippen molar-refractivity contribution < 1.29 is 15.1 Å². The third kappa shape index (κ3) is 1.97. The molecule has 5 nitrogen and oxygen atoms in total. The molecule has 0 bridgehead atoms. The lowest BCUT2D eigenvalue weighted by atomic mass is 10.2. The summed E-state index contributed by atoms with van der Waals surface area (Å²) in [7, 11) is 0. The molecule has 0 amide bonds. The average molecular weight is 253 g/mol. The molecule has 17 heavy (non-hydrogen) atoms. The molecule has 0 saturated heterocycles. The van der Waals surface area contributed by atoms with Gasteiger partial charge in [-0.1, -0.05) is 11.6 Å². The van der Waals surface area contributed by atoms with E-state index in [9.17, 15) is 10.0 Å². The molecule has 0 unspecified atom stereocenters.